The van der Waals surface area contributed by atoms with E-state index in [-0.39, 0.29) is 23.8 Å². The summed E-state index contributed by atoms with van der Waals surface area (Å²) in [6, 6.07) is 0.625. The fraction of sp³-hybridized carbons (Fsp3) is 0.600. The first-order valence-corrected chi connectivity index (χ1v) is 10.3. The Morgan fingerprint density at radius 2 is 2.00 bits per heavy atom. The number of hydrogen-bond donors (Lipinski definition) is 2. The van der Waals surface area contributed by atoms with Gasteiger partial charge in [-0.25, -0.2) is 4.98 Å². The lowest BCUT2D eigenvalue weighted by Gasteiger charge is -2.28. The Morgan fingerprint density at radius 1 is 1.23 bits per heavy atom. The van der Waals surface area contributed by atoms with Crippen LogP contribution in [0, 0.1) is 11.7 Å². The Balaban J connectivity index is 1.35. The third-order valence-electron chi connectivity index (χ3n) is 5.48. The van der Waals surface area contributed by atoms with E-state index in [2.05, 4.69) is 25.7 Å². The average molecular weight is 418 g/mol. The summed E-state index contributed by atoms with van der Waals surface area (Å²) in [7, 11) is 1.55. The van der Waals surface area contributed by atoms with E-state index in [9.17, 15) is 9.18 Å². The Labute approximate surface area is 174 Å². The number of nitrogens with zero attached hydrogens (tertiary/aromatic N) is 4. The van der Waals surface area contributed by atoms with Crippen LogP contribution in [0.4, 0.5) is 16.0 Å². The quantitative estimate of drug-likeness (QED) is 0.679. The van der Waals surface area contributed by atoms with Crippen molar-refractivity contribution in [2.75, 3.05) is 19.0 Å². The molecule has 9 nitrogen and oxygen atoms in total. The molecule has 4 rings (SSSR count). The zero-order valence-electron chi connectivity index (χ0n) is 17.2. The molecule has 2 N–H and O–H groups in total. The number of methoxy groups -OCH3 is 1. The Morgan fingerprint density at radius 3 is 2.67 bits per heavy atom. The fourth-order valence-corrected chi connectivity index (χ4v) is 3.73. The summed E-state index contributed by atoms with van der Waals surface area (Å²) >= 11 is 0. The highest BCUT2D eigenvalue weighted by Gasteiger charge is 2.27. The molecule has 2 saturated carbocycles. The Hall–Kier alpha value is -2.91. The molecule has 0 radical (unpaired) electrons. The van der Waals surface area contributed by atoms with Gasteiger partial charge in [0.2, 0.25) is 17.7 Å². The summed E-state index contributed by atoms with van der Waals surface area (Å²) in [6.07, 6.45) is 8.77. The van der Waals surface area contributed by atoms with Crippen molar-refractivity contribution in [3.63, 3.8) is 0 Å². The molecular formula is C20H27FN6O3. The summed E-state index contributed by atoms with van der Waals surface area (Å²) in [5.74, 6) is 0.274. The van der Waals surface area contributed by atoms with Gasteiger partial charge >= 0.3 is 0 Å². The minimum atomic E-state index is -0.604. The first-order valence-electron chi connectivity index (χ1n) is 10.3. The second-order valence-electron chi connectivity index (χ2n) is 7.96. The van der Waals surface area contributed by atoms with Crippen LogP contribution < -0.4 is 20.1 Å². The minimum absolute atomic E-state index is 0.00269. The predicted molar refractivity (Wildman–Crippen MR) is 107 cm³/mol. The summed E-state index contributed by atoms with van der Waals surface area (Å²) in [5.41, 5.74) is 0.623. The highest BCUT2D eigenvalue weighted by Crippen LogP contribution is 2.37. The lowest BCUT2D eigenvalue weighted by atomic mass is 9.86. The van der Waals surface area contributed by atoms with Crippen molar-refractivity contribution in [2.24, 2.45) is 5.92 Å². The van der Waals surface area contributed by atoms with Crippen LogP contribution in [-0.2, 0) is 4.79 Å². The second-order valence-corrected chi connectivity index (χ2v) is 7.96. The summed E-state index contributed by atoms with van der Waals surface area (Å²) in [6.45, 7) is 1.91. The van der Waals surface area contributed by atoms with E-state index in [1.807, 2.05) is 10.9 Å². The van der Waals surface area contributed by atoms with E-state index in [4.69, 9.17) is 9.47 Å². The molecular weight excluding hydrogens is 391 g/mol. The molecule has 0 spiro atoms. The topological polar surface area (TPSA) is 103 Å². The van der Waals surface area contributed by atoms with Crippen molar-refractivity contribution < 1.29 is 18.7 Å². The van der Waals surface area contributed by atoms with Crippen molar-refractivity contribution in [1.29, 1.82) is 0 Å². The number of carbonyl (C=O) groups is 1. The van der Waals surface area contributed by atoms with Crippen LogP contribution in [0.3, 0.4) is 0 Å². The highest BCUT2D eigenvalue weighted by atomic mass is 19.1. The maximum absolute atomic E-state index is 14.2. The van der Waals surface area contributed by atoms with Crippen molar-refractivity contribution in [2.45, 2.75) is 57.5 Å². The molecule has 0 bridgehead atoms. The van der Waals surface area contributed by atoms with Crippen LogP contribution in [0.15, 0.2) is 12.4 Å². The molecule has 1 amide bonds. The van der Waals surface area contributed by atoms with Crippen LogP contribution >= 0.6 is 0 Å². The number of rotatable bonds is 8. The summed E-state index contributed by atoms with van der Waals surface area (Å²) < 4.78 is 27.0. The van der Waals surface area contributed by atoms with Crippen molar-refractivity contribution in [3.8, 4) is 11.8 Å². The normalized spacial score (nSPS) is 21.2. The van der Waals surface area contributed by atoms with Gasteiger partial charge in [0.25, 0.3) is 11.8 Å². The van der Waals surface area contributed by atoms with Gasteiger partial charge < -0.3 is 20.1 Å². The number of nitrogens with one attached hydrogen (secondary N) is 2. The molecule has 2 aliphatic rings. The number of ether oxygens (including phenoxy) is 2. The molecule has 10 heteroatoms. The number of carbonyl (C=O) groups excluding carboxylic acids is 1. The standard InChI is InChI=1S/C20H27FN6O3/c1-12(28)23-14-5-3-13(4-6-14)11-30-18-16(21)9-22-20(25-18)24-17-10-27(15-7-8-15)26-19(17)29-2/h9-10,13-15H,3-8,11H2,1-2H3,(H,23,28)(H,22,24,25)/t13-,14-. The maximum atomic E-state index is 14.2. The number of amides is 1. The van der Waals surface area contributed by atoms with Gasteiger partial charge in [-0.1, -0.05) is 0 Å². The molecule has 30 heavy (non-hydrogen) atoms. The lowest BCUT2D eigenvalue weighted by molar-refractivity contribution is -0.119. The van der Waals surface area contributed by atoms with E-state index < -0.39 is 5.82 Å². The molecule has 0 aromatic carbocycles. The van der Waals surface area contributed by atoms with E-state index in [1.165, 1.54) is 6.92 Å². The predicted octanol–water partition coefficient (Wildman–Crippen LogP) is 2.97. The molecule has 2 heterocycles. The van der Waals surface area contributed by atoms with Gasteiger partial charge in [-0.15, -0.1) is 5.10 Å². The lowest BCUT2D eigenvalue weighted by Crippen LogP contribution is -2.37. The van der Waals surface area contributed by atoms with E-state index in [0.29, 0.717) is 30.1 Å². The SMILES string of the molecule is COc1nn(C2CC2)cc1Nc1ncc(F)c(OC[C@H]2CC[C@H](NC(C)=O)CC2)n1. The Bertz CT molecular complexity index is 893. The number of halogens is 1. The Kier molecular flexibility index (Phi) is 6.01. The molecule has 2 fully saturated rings. The van der Waals surface area contributed by atoms with Gasteiger partial charge in [-0.2, -0.15) is 9.37 Å². The van der Waals surface area contributed by atoms with Crippen LogP contribution in [-0.4, -0.2) is 45.4 Å². The molecule has 0 unspecified atom stereocenters. The van der Waals surface area contributed by atoms with Gasteiger partial charge in [0.05, 0.1) is 32.2 Å². The van der Waals surface area contributed by atoms with Gasteiger partial charge in [-0.05, 0) is 44.4 Å². The molecule has 162 valence electrons. The van der Waals surface area contributed by atoms with E-state index in [1.54, 1.807) is 7.11 Å². The molecule has 0 aliphatic heterocycles. The number of hydrogen-bond acceptors (Lipinski definition) is 7. The first kappa shape index (κ1) is 20.4. The van der Waals surface area contributed by atoms with E-state index >= 15 is 0 Å². The molecule has 0 saturated heterocycles. The first-order chi connectivity index (χ1) is 14.5. The molecule has 0 atom stereocenters. The van der Waals surface area contributed by atoms with Gasteiger partial charge in [-0.3, -0.25) is 9.48 Å². The number of anilines is 2. The third-order valence-corrected chi connectivity index (χ3v) is 5.48. The smallest absolute Gasteiger partial charge is 0.256 e. The van der Waals surface area contributed by atoms with Crippen molar-refractivity contribution in [1.82, 2.24) is 25.1 Å². The summed E-state index contributed by atoms with van der Waals surface area (Å²) in [4.78, 5) is 19.4. The maximum Gasteiger partial charge on any atom is 0.256 e. The zero-order chi connectivity index (χ0) is 21.1. The van der Waals surface area contributed by atoms with Gasteiger partial charge in [0.15, 0.2) is 0 Å². The highest BCUT2D eigenvalue weighted by molar-refractivity contribution is 5.73. The van der Waals surface area contributed by atoms with Crippen LogP contribution in [0.1, 0.15) is 51.5 Å². The fourth-order valence-electron chi connectivity index (χ4n) is 3.73. The molecule has 2 aromatic heterocycles. The number of aromatic nitrogens is 4. The average Bonchev–Trinajstić information content (AvgIpc) is 3.50. The third kappa shape index (κ3) is 4.98. The van der Waals surface area contributed by atoms with Crippen LogP contribution in [0.2, 0.25) is 0 Å². The largest absolute Gasteiger partial charge is 0.478 e. The van der Waals surface area contributed by atoms with Gasteiger partial charge in [0.1, 0.15) is 5.69 Å². The van der Waals surface area contributed by atoms with Crippen LogP contribution in [0.25, 0.3) is 0 Å². The van der Waals surface area contributed by atoms with Crippen molar-refractivity contribution >= 4 is 17.5 Å². The van der Waals surface area contributed by atoms with Gasteiger partial charge in [0, 0.05) is 13.0 Å². The molecule has 2 aromatic rings. The van der Waals surface area contributed by atoms with Crippen molar-refractivity contribution in [3.05, 3.63) is 18.2 Å². The summed E-state index contributed by atoms with van der Waals surface area (Å²) in [5, 5.41) is 10.4. The monoisotopic (exact) mass is 418 g/mol. The second kappa shape index (κ2) is 8.85. The van der Waals surface area contributed by atoms with Crippen LogP contribution in [0.5, 0.6) is 11.8 Å². The molecule has 2 aliphatic carbocycles. The minimum Gasteiger partial charge on any atom is -0.478 e. The van der Waals surface area contributed by atoms with E-state index in [0.717, 1.165) is 44.7 Å². The zero-order valence-corrected chi connectivity index (χ0v) is 17.2.